The maximum Gasteiger partial charge on any atom is 0.407 e. The number of cyclic esters (lactones) is 1. The zero-order valence-electron chi connectivity index (χ0n) is 29.2. The summed E-state index contributed by atoms with van der Waals surface area (Å²) < 4.78 is 11.1. The van der Waals surface area contributed by atoms with E-state index in [-0.39, 0.29) is 49.9 Å². The summed E-state index contributed by atoms with van der Waals surface area (Å²) >= 11 is 0. The number of nitrogens with one attached hydrogen (secondary N) is 3. The number of hydrogen-bond acceptors (Lipinski definition) is 7. The molecule has 0 saturated heterocycles. The van der Waals surface area contributed by atoms with Crippen LogP contribution in [0, 0.1) is 11.8 Å². The Morgan fingerprint density at radius 2 is 1.53 bits per heavy atom. The highest BCUT2D eigenvalue weighted by atomic mass is 16.5. The van der Waals surface area contributed by atoms with Crippen LogP contribution in [0.25, 0.3) is 0 Å². The Morgan fingerprint density at radius 1 is 0.863 bits per heavy atom. The Bertz CT molecular complexity index is 1520. The molecule has 4 atom stereocenters. The van der Waals surface area contributed by atoms with E-state index in [0.29, 0.717) is 57.9 Å². The number of rotatable bonds is 15. The summed E-state index contributed by atoms with van der Waals surface area (Å²) in [6.45, 7) is 0.336. The van der Waals surface area contributed by atoms with Gasteiger partial charge < -0.3 is 30.5 Å². The van der Waals surface area contributed by atoms with Crippen molar-refractivity contribution in [2.24, 2.45) is 11.8 Å². The first-order valence-corrected chi connectivity index (χ1v) is 17.9. The van der Waals surface area contributed by atoms with Gasteiger partial charge in [-0.1, -0.05) is 103 Å². The Labute approximate surface area is 301 Å². The van der Waals surface area contributed by atoms with E-state index in [1.807, 2.05) is 103 Å². The fourth-order valence-corrected chi connectivity index (χ4v) is 6.03. The molecule has 51 heavy (non-hydrogen) atoms. The molecule has 0 aliphatic carbocycles. The number of esters is 1. The van der Waals surface area contributed by atoms with Gasteiger partial charge in [0, 0.05) is 13.0 Å². The minimum Gasteiger partial charge on any atom is -0.463 e. The van der Waals surface area contributed by atoms with E-state index in [0.717, 1.165) is 16.7 Å². The predicted molar refractivity (Wildman–Crippen MR) is 195 cm³/mol. The van der Waals surface area contributed by atoms with Crippen molar-refractivity contribution in [3.8, 4) is 0 Å². The second-order valence-electron chi connectivity index (χ2n) is 13.0. The van der Waals surface area contributed by atoms with Gasteiger partial charge in [0.25, 0.3) is 0 Å². The van der Waals surface area contributed by atoms with Gasteiger partial charge >= 0.3 is 12.1 Å². The number of aliphatic hydroxyl groups is 1. The number of hydrogen-bond donors (Lipinski definition) is 4. The average molecular weight is 698 g/mol. The Balaban J connectivity index is 1.36. The first-order valence-electron chi connectivity index (χ1n) is 17.9. The molecule has 0 fully saturated rings. The second-order valence-corrected chi connectivity index (χ2v) is 13.0. The molecule has 1 heterocycles. The second kappa shape index (κ2) is 22.0. The van der Waals surface area contributed by atoms with Crippen molar-refractivity contribution in [2.75, 3.05) is 19.8 Å². The van der Waals surface area contributed by atoms with Crippen molar-refractivity contribution in [3.63, 3.8) is 0 Å². The van der Waals surface area contributed by atoms with Crippen molar-refractivity contribution in [1.82, 2.24) is 16.0 Å². The van der Waals surface area contributed by atoms with Crippen molar-refractivity contribution < 1.29 is 33.8 Å². The first-order chi connectivity index (χ1) is 24.9. The van der Waals surface area contributed by atoms with Crippen LogP contribution in [0.4, 0.5) is 4.79 Å². The minimum absolute atomic E-state index is 0.00157. The van der Waals surface area contributed by atoms with Crippen LogP contribution in [0.5, 0.6) is 0 Å². The maximum atomic E-state index is 13.7. The normalized spacial score (nSPS) is 18.9. The van der Waals surface area contributed by atoms with Gasteiger partial charge in [0.15, 0.2) is 0 Å². The molecule has 0 aromatic heterocycles. The summed E-state index contributed by atoms with van der Waals surface area (Å²) in [4.78, 5) is 52.4. The number of carbonyl (C=O) groups excluding carboxylic acids is 4. The van der Waals surface area contributed by atoms with Gasteiger partial charge in [0.2, 0.25) is 11.8 Å². The van der Waals surface area contributed by atoms with Gasteiger partial charge in [-0.3, -0.25) is 14.4 Å². The molecular formula is C41H51N3O7. The standard InChI is InChI=1S/C41H51N3O7/c45-28-37(26-32-17-7-2-8-18-32)43-38(46)27-34-21-11-4-12-22-35(25-31-15-5-1-6-16-31)40(48)50-30-36(44-39(34)47)23-13-14-24-42-41(49)51-29-33-19-9-3-10-20-33/h1-11,15-20,34-37,45H,12-14,21-30H2,(H,42,49)(H,43,46)(H,44,47)/t34-,35-,36+,37+/m1/s1. The van der Waals surface area contributed by atoms with E-state index in [1.165, 1.54) is 0 Å². The lowest BCUT2D eigenvalue weighted by Crippen LogP contribution is -2.45. The summed E-state index contributed by atoms with van der Waals surface area (Å²) in [6, 6.07) is 27.9. The van der Waals surface area contributed by atoms with E-state index < -0.39 is 24.1 Å². The van der Waals surface area contributed by atoms with Crippen LogP contribution in [0.1, 0.15) is 61.6 Å². The molecule has 10 heteroatoms. The number of allylic oxidation sites excluding steroid dienone is 2. The zero-order valence-corrected chi connectivity index (χ0v) is 29.2. The Kier molecular flexibility index (Phi) is 16.7. The van der Waals surface area contributed by atoms with E-state index in [9.17, 15) is 24.3 Å². The van der Waals surface area contributed by atoms with Crippen LogP contribution >= 0.6 is 0 Å². The van der Waals surface area contributed by atoms with Crippen molar-refractivity contribution in [3.05, 3.63) is 120 Å². The van der Waals surface area contributed by atoms with Gasteiger partial charge in [0.05, 0.1) is 30.5 Å². The highest BCUT2D eigenvalue weighted by Crippen LogP contribution is 2.20. The lowest BCUT2D eigenvalue weighted by Gasteiger charge is -2.24. The molecule has 3 aromatic rings. The van der Waals surface area contributed by atoms with Gasteiger partial charge in [-0.15, -0.1) is 0 Å². The number of benzene rings is 3. The molecule has 10 nitrogen and oxygen atoms in total. The monoisotopic (exact) mass is 697 g/mol. The van der Waals surface area contributed by atoms with Gasteiger partial charge in [-0.25, -0.2) is 4.79 Å². The van der Waals surface area contributed by atoms with E-state index in [2.05, 4.69) is 16.0 Å². The van der Waals surface area contributed by atoms with Crippen LogP contribution < -0.4 is 16.0 Å². The van der Waals surface area contributed by atoms with Crippen LogP contribution in [-0.4, -0.2) is 60.8 Å². The van der Waals surface area contributed by atoms with Crippen molar-refractivity contribution in [2.45, 2.75) is 76.5 Å². The number of ether oxygens (including phenoxy) is 2. The number of alkyl carbamates (subject to hydrolysis) is 1. The van der Waals surface area contributed by atoms with Crippen LogP contribution in [0.15, 0.2) is 103 Å². The Morgan fingerprint density at radius 3 is 2.22 bits per heavy atom. The highest BCUT2D eigenvalue weighted by Gasteiger charge is 2.27. The third-order valence-electron chi connectivity index (χ3n) is 8.87. The molecule has 0 unspecified atom stereocenters. The maximum absolute atomic E-state index is 13.7. The molecule has 1 aliphatic rings. The predicted octanol–water partition coefficient (Wildman–Crippen LogP) is 5.44. The number of carbonyl (C=O) groups is 4. The lowest BCUT2D eigenvalue weighted by atomic mass is 9.94. The van der Waals surface area contributed by atoms with Gasteiger partial charge in [-0.2, -0.15) is 0 Å². The van der Waals surface area contributed by atoms with E-state index in [1.54, 1.807) is 0 Å². The number of amides is 3. The molecule has 0 saturated carbocycles. The molecule has 0 bridgehead atoms. The van der Waals surface area contributed by atoms with Crippen molar-refractivity contribution >= 4 is 23.9 Å². The molecule has 4 N–H and O–H groups in total. The molecule has 3 amide bonds. The van der Waals surface area contributed by atoms with Crippen LogP contribution in [-0.2, 0) is 43.3 Å². The fourth-order valence-electron chi connectivity index (χ4n) is 6.03. The lowest BCUT2D eigenvalue weighted by molar-refractivity contribution is -0.150. The Hall–Kier alpha value is -4.96. The molecule has 272 valence electrons. The summed E-state index contributed by atoms with van der Waals surface area (Å²) in [5.41, 5.74) is 2.93. The topological polar surface area (TPSA) is 143 Å². The summed E-state index contributed by atoms with van der Waals surface area (Å²) in [5.74, 6) is -1.93. The average Bonchev–Trinajstić information content (AvgIpc) is 3.16. The molecule has 3 aromatic carbocycles. The molecular weight excluding hydrogens is 646 g/mol. The largest absolute Gasteiger partial charge is 0.463 e. The van der Waals surface area contributed by atoms with Crippen molar-refractivity contribution in [1.29, 1.82) is 0 Å². The van der Waals surface area contributed by atoms with Gasteiger partial charge in [0.1, 0.15) is 13.2 Å². The zero-order chi connectivity index (χ0) is 36.1. The minimum atomic E-state index is -0.655. The van der Waals surface area contributed by atoms with Crippen LogP contribution in [0.2, 0.25) is 0 Å². The smallest absolute Gasteiger partial charge is 0.407 e. The fraction of sp³-hybridized carbons (Fsp3) is 0.415. The van der Waals surface area contributed by atoms with E-state index in [4.69, 9.17) is 9.47 Å². The van der Waals surface area contributed by atoms with E-state index >= 15 is 0 Å². The molecule has 0 radical (unpaired) electrons. The molecule has 1 aliphatic heterocycles. The SMILES string of the molecule is O=C(C[C@H]1CC=CCC[C@H](Cc2ccccc2)C(=O)OC[C@H](CCCCNC(=O)OCc2ccccc2)NC1=O)N[C@H](CO)Cc1ccccc1. The summed E-state index contributed by atoms with van der Waals surface area (Å²) in [6.07, 6.45) is 7.65. The third-order valence-corrected chi connectivity index (χ3v) is 8.87. The number of aliphatic hydroxyl groups excluding tert-OH is 1. The third kappa shape index (κ3) is 14.8. The summed E-state index contributed by atoms with van der Waals surface area (Å²) in [5, 5.41) is 18.7. The number of unbranched alkanes of at least 4 members (excludes halogenated alkanes) is 1. The molecule has 4 rings (SSSR count). The quantitative estimate of drug-likeness (QED) is 0.0942. The summed E-state index contributed by atoms with van der Waals surface area (Å²) in [7, 11) is 0. The highest BCUT2D eigenvalue weighted by molar-refractivity contribution is 5.86. The van der Waals surface area contributed by atoms with Gasteiger partial charge in [-0.05, 0) is 68.1 Å². The van der Waals surface area contributed by atoms with Crippen LogP contribution in [0.3, 0.4) is 0 Å². The molecule has 0 spiro atoms. The first kappa shape index (κ1) is 38.8.